The summed E-state index contributed by atoms with van der Waals surface area (Å²) in [5.74, 6) is 0. The molecule has 0 aliphatic carbocycles. The number of benzene rings is 1. The molecule has 4 N–H and O–H groups in total. The molecule has 0 bridgehead atoms. The average molecular weight is 305 g/mol. The molecule has 0 fully saturated rings. The number of nitro benzene ring substituents is 1. The summed E-state index contributed by atoms with van der Waals surface area (Å²) < 4.78 is 25.7. The van der Waals surface area contributed by atoms with Gasteiger partial charge in [0.1, 0.15) is 5.69 Å². The van der Waals surface area contributed by atoms with Crippen LogP contribution in [0.4, 0.5) is 11.4 Å². The Bertz CT molecular complexity index is 574. The standard InChI is InChI=1S/C10H15N3O6S/c14-5-3-11-9-2-1-8(7-10(9)13(16)17)20(18,19)12-4-6-15/h1-2,7,11-12,14-15H,3-6H2. The van der Waals surface area contributed by atoms with Crippen molar-refractivity contribution in [3.8, 4) is 0 Å². The first-order valence-corrected chi connectivity index (χ1v) is 7.14. The van der Waals surface area contributed by atoms with Crippen LogP contribution in [0.1, 0.15) is 0 Å². The van der Waals surface area contributed by atoms with Gasteiger partial charge in [-0.1, -0.05) is 0 Å². The van der Waals surface area contributed by atoms with Crippen LogP contribution in [-0.2, 0) is 10.0 Å². The average Bonchev–Trinajstić information content (AvgIpc) is 2.42. The Kier molecular flexibility index (Phi) is 5.82. The van der Waals surface area contributed by atoms with Gasteiger partial charge in [-0.3, -0.25) is 10.1 Å². The van der Waals surface area contributed by atoms with Crippen molar-refractivity contribution < 1.29 is 23.6 Å². The van der Waals surface area contributed by atoms with E-state index in [0.717, 1.165) is 6.07 Å². The number of nitro groups is 1. The SMILES string of the molecule is O=[N+]([O-])c1cc(S(=O)(=O)NCCO)ccc1NCCO. The summed E-state index contributed by atoms with van der Waals surface area (Å²) in [6.07, 6.45) is 0. The molecule has 10 heteroatoms. The zero-order valence-electron chi connectivity index (χ0n) is 10.4. The van der Waals surface area contributed by atoms with E-state index in [2.05, 4.69) is 10.0 Å². The van der Waals surface area contributed by atoms with Crippen LogP contribution in [0.25, 0.3) is 0 Å². The summed E-state index contributed by atoms with van der Waals surface area (Å²) in [7, 11) is -3.91. The van der Waals surface area contributed by atoms with Gasteiger partial charge in [0.05, 0.1) is 23.0 Å². The smallest absolute Gasteiger partial charge is 0.293 e. The molecule has 0 aromatic heterocycles. The van der Waals surface area contributed by atoms with Crippen LogP contribution >= 0.6 is 0 Å². The number of aliphatic hydroxyl groups excluding tert-OH is 2. The molecule has 0 unspecified atom stereocenters. The lowest BCUT2D eigenvalue weighted by Crippen LogP contribution is -2.26. The maximum absolute atomic E-state index is 11.8. The third kappa shape index (κ3) is 4.13. The summed E-state index contributed by atoms with van der Waals surface area (Å²) in [6, 6.07) is 3.37. The zero-order valence-corrected chi connectivity index (χ0v) is 11.3. The largest absolute Gasteiger partial charge is 0.395 e. The van der Waals surface area contributed by atoms with E-state index in [4.69, 9.17) is 10.2 Å². The second-order valence-electron chi connectivity index (χ2n) is 3.71. The predicted molar refractivity (Wildman–Crippen MR) is 70.9 cm³/mol. The highest BCUT2D eigenvalue weighted by Crippen LogP contribution is 2.27. The Morgan fingerprint density at radius 2 is 1.85 bits per heavy atom. The third-order valence-electron chi connectivity index (χ3n) is 2.31. The predicted octanol–water partition coefficient (Wildman–Crippen LogP) is -0.730. The maximum atomic E-state index is 11.8. The number of nitrogens with one attached hydrogen (secondary N) is 2. The molecule has 0 saturated carbocycles. The van der Waals surface area contributed by atoms with Crippen LogP contribution in [-0.4, -0.2) is 49.9 Å². The number of nitrogens with zero attached hydrogens (tertiary/aromatic N) is 1. The van der Waals surface area contributed by atoms with Gasteiger partial charge in [-0.25, -0.2) is 13.1 Å². The second-order valence-corrected chi connectivity index (χ2v) is 5.47. The van der Waals surface area contributed by atoms with Gasteiger partial charge in [0.15, 0.2) is 0 Å². The molecule has 0 atom stereocenters. The minimum atomic E-state index is -3.91. The summed E-state index contributed by atoms with van der Waals surface area (Å²) >= 11 is 0. The van der Waals surface area contributed by atoms with Crippen molar-refractivity contribution in [2.45, 2.75) is 4.90 Å². The van der Waals surface area contributed by atoms with Crippen LogP contribution in [0.15, 0.2) is 23.1 Å². The summed E-state index contributed by atoms with van der Waals surface area (Å²) in [5, 5.41) is 30.8. The monoisotopic (exact) mass is 305 g/mol. The minimum absolute atomic E-state index is 0.107. The molecule has 1 aromatic rings. The molecule has 0 saturated heterocycles. The zero-order chi connectivity index (χ0) is 15.2. The number of rotatable bonds is 8. The topological polar surface area (TPSA) is 142 Å². The van der Waals surface area contributed by atoms with Gasteiger partial charge in [-0.15, -0.1) is 0 Å². The first-order valence-electron chi connectivity index (χ1n) is 5.66. The quantitative estimate of drug-likeness (QED) is 0.366. The number of anilines is 1. The van der Waals surface area contributed by atoms with Gasteiger partial charge in [-0.05, 0) is 12.1 Å². The van der Waals surface area contributed by atoms with Crippen LogP contribution < -0.4 is 10.0 Å². The van der Waals surface area contributed by atoms with Crippen LogP contribution in [0.3, 0.4) is 0 Å². The number of hydrogen-bond acceptors (Lipinski definition) is 7. The van der Waals surface area contributed by atoms with Gasteiger partial charge in [0.2, 0.25) is 10.0 Å². The first kappa shape index (κ1) is 16.3. The fourth-order valence-electron chi connectivity index (χ4n) is 1.43. The van der Waals surface area contributed by atoms with Gasteiger partial charge in [0, 0.05) is 19.2 Å². The molecule has 0 heterocycles. The number of aliphatic hydroxyl groups is 2. The highest BCUT2D eigenvalue weighted by Gasteiger charge is 2.20. The van der Waals surface area contributed by atoms with Gasteiger partial charge >= 0.3 is 0 Å². The fraction of sp³-hybridized carbons (Fsp3) is 0.400. The molecule has 112 valence electrons. The Hall–Kier alpha value is -1.75. The van der Waals surface area contributed by atoms with E-state index in [-0.39, 0.29) is 36.9 Å². The van der Waals surface area contributed by atoms with E-state index in [1.807, 2.05) is 0 Å². The minimum Gasteiger partial charge on any atom is -0.395 e. The molecule has 0 spiro atoms. The third-order valence-corrected chi connectivity index (χ3v) is 3.77. The van der Waals surface area contributed by atoms with Gasteiger partial charge < -0.3 is 15.5 Å². The van der Waals surface area contributed by atoms with E-state index in [9.17, 15) is 18.5 Å². The highest BCUT2D eigenvalue weighted by molar-refractivity contribution is 7.89. The summed E-state index contributed by atoms with van der Waals surface area (Å²) in [5.41, 5.74) is -0.296. The molecule has 0 aliphatic heterocycles. The Morgan fingerprint density at radius 1 is 1.20 bits per heavy atom. The molecule has 1 rings (SSSR count). The molecular formula is C10H15N3O6S. The lowest BCUT2D eigenvalue weighted by Gasteiger charge is -2.08. The van der Waals surface area contributed by atoms with Crippen LogP contribution in [0.5, 0.6) is 0 Å². The Labute approximate surface area is 115 Å². The van der Waals surface area contributed by atoms with Gasteiger partial charge in [-0.2, -0.15) is 0 Å². The normalized spacial score (nSPS) is 11.3. The van der Waals surface area contributed by atoms with E-state index in [1.165, 1.54) is 12.1 Å². The van der Waals surface area contributed by atoms with E-state index in [0.29, 0.717) is 0 Å². The molecule has 1 aromatic carbocycles. The first-order chi connectivity index (χ1) is 9.42. The fourth-order valence-corrected chi connectivity index (χ4v) is 2.47. The van der Waals surface area contributed by atoms with Crippen molar-refractivity contribution in [3.05, 3.63) is 28.3 Å². The van der Waals surface area contributed by atoms with Crippen molar-refractivity contribution in [2.24, 2.45) is 0 Å². The maximum Gasteiger partial charge on any atom is 0.293 e. The van der Waals surface area contributed by atoms with Crippen molar-refractivity contribution in [1.82, 2.24) is 4.72 Å². The number of sulfonamides is 1. The summed E-state index contributed by atoms with van der Waals surface area (Å²) in [6.45, 7) is -0.664. The molecule has 0 aliphatic rings. The lowest BCUT2D eigenvalue weighted by atomic mass is 10.2. The van der Waals surface area contributed by atoms with Crippen LogP contribution in [0.2, 0.25) is 0 Å². The van der Waals surface area contributed by atoms with Crippen molar-refractivity contribution in [1.29, 1.82) is 0 Å². The van der Waals surface area contributed by atoms with Crippen LogP contribution in [0, 0.1) is 10.1 Å². The Morgan fingerprint density at radius 3 is 2.40 bits per heavy atom. The van der Waals surface area contributed by atoms with Crippen molar-refractivity contribution in [2.75, 3.05) is 31.6 Å². The highest BCUT2D eigenvalue weighted by atomic mass is 32.2. The lowest BCUT2D eigenvalue weighted by molar-refractivity contribution is -0.384. The van der Waals surface area contributed by atoms with E-state index < -0.39 is 20.6 Å². The molecule has 0 amide bonds. The molecular weight excluding hydrogens is 290 g/mol. The number of hydrogen-bond donors (Lipinski definition) is 4. The molecule has 20 heavy (non-hydrogen) atoms. The van der Waals surface area contributed by atoms with E-state index >= 15 is 0 Å². The van der Waals surface area contributed by atoms with E-state index in [1.54, 1.807) is 0 Å². The second kappa shape index (κ2) is 7.14. The summed E-state index contributed by atoms with van der Waals surface area (Å²) in [4.78, 5) is 9.94. The van der Waals surface area contributed by atoms with Crippen molar-refractivity contribution >= 4 is 21.4 Å². The molecule has 9 nitrogen and oxygen atoms in total. The van der Waals surface area contributed by atoms with Crippen molar-refractivity contribution in [3.63, 3.8) is 0 Å². The van der Waals surface area contributed by atoms with Gasteiger partial charge in [0.25, 0.3) is 5.69 Å². The Balaban J connectivity index is 3.13. The molecule has 0 radical (unpaired) electrons.